The fourth-order valence-corrected chi connectivity index (χ4v) is 3.92. The second-order valence-electron chi connectivity index (χ2n) is 7.70. The van der Waals surface area contributed by atoms with Crippen LogP contribution in [0.2, 0.25) is 0 Å². The zero-order chi connectivity index (χ0) is 21.2. The van der Waals surface area contributed by atoms with Crippen molar-refractivity contribution in [3.63, 3.8) is 0 Å². The molecule has 0 unspecified atom stereocenters. The molecule has 0 spiro atoms. The molecule has 0 radical (unpaired) electrons. The summed E-state index contributed by atoms with van der Waals surface area (Å²) < 4.78 is 15.3. The van der Waals surface area contributed by atoms with Crippen molar-refractivity contribution in [2.24, 2.45) is 0 Å². The lowest BCUT2D eigenvalue weighted by Gasteiger charge is -2.20. The summed E-state index contributed by atoms with van der Waals surface area (Å²) in [5.74, 6) is 0.836. The summed E-state index contributed by atoms with van der Waals surface area (Å²) in [4.78, 5) is 11.8. The number of aromatic nitrogens is 4. The van der Waals surface area contributed by atoms with E-state index in [1.54, 1.807) is 16.8 Å². The zero-order valence-electron chi connectivity index (χ0n) is 17.1. The number of rotatable bonds is 4. The van der Waals surface area contributed by atoms with E-state index in [9.17, 15) is 4.39 Å². The number of halogens is 1. The number of benzene rings is 2. The molecule has 2 aromatic carbocycles. The number of anilines is 2. The van der Waals surface area contributed by atoms with Crippen molar-refractivity contribution in [3.8, 4) is 11.3 Å². The van der Waals surface area contributed by atoms with Gasteiger partial charge in [-0.25, -0.2) is 14.1 Å². The van der Waals surface area contributed by atoms with Crippen LogP contribution in [-0.2, 0) is 6.54 Å². The average Bonchev–Trinajstić information content (AvgIpc) is 2.97. The topological polar surface area (TPSA) is 84.9 Å². The van der Waals surface area contributed by atoms with Crippen molar-refractivity contribution >= 4 is 22.8 Å². The highest BCUT2D eigenvalue weighted by Gasteiger charge is 2.21. The summed E-state index contributed by atoms with van der Waals surface area (Å²) in [6, 6.07) is 16.3. The van der Waals surface area contributed by atoms with Crippen LogP contribution >= 0.6 is 0 Å². The van der Waals surface area contributed by atoms with E-state index in [1.165, 1.54) is 12.1 Å². The highest BCUT2D eigenvalue weighted by molar-refractivity contribution is 5.99. The van der Waals surface area contributed by atoms with Crippen LogP contribution in [0.25, 0.3) is 22.3 Å². The second kappa shape index (κ2) is 8.31. The summed E-state index contributed by atoms with van der Waals surface area (Å²) >= 11 is 0. The Bertz CT molecular complexity index is 1180. The molecule has 5 rings (SSSR count). The van der Waals surface area contributed by atoms with Gasteiger partial charge in [-0.15, -0.1) is 5.10 Å². The molecule has 1 saturated heterocycles. The van der Waals surface area contributed by atoms with Gasteiger partial charge in [0.25, 0.3) is 0 Å². The van der Waals surface area contributed by atoms with Crippen LogP contribution in [0.4, 0.5) is 16.2 Å². The maximum absolute atomic E-state index is 13.6. The average molecular weight is 417 g/mol. The summed E-state index contributed by atoms with van der Waals surface area (Å²) in [6.07, 6.45) is 1.01. The molecule has 4 aromatic rings. The molecule has 0 saturated carbocycles. The second-order valence-corrected chi connectivity index (χ2v) is 7.70. The highest BCUT2D eigenvalue weighted by Crippen LogP contribution is 2.32. The van der Waals surface area contributed by atoms with Gasteiger partial charge in [0.15, 0.2) is 5.65 Å². The fraction of sp³-hybridized carbons (Fsp3) is 0.261. The maximum atomic E-state index is 13.6. The smallest absolute Gasteiger partial charge is 0.228 e. The first-order valence-electron chi connectivity index (χ1n) is 10.5. The number of fused-ring (bicyclic) bond motifs is 1. The minimum Gasteiger partial charge on any atom is -0.383 e. The molecule has 0 amide bonds. The van der Waals surface area contributed by atoms with Crippen molar-refractivity contribution < 1.29 is 4.39 Å². The largest absolute Gasteiger partial charge is 0.383 e. The Morgan fingerprint density at radius 2 is 1.77 bits per heavy atom. The normalized spacial score (nSPS) is 14.7. The molecular formula is C23H24FN7. The molecule has 0 bridgehead atoms. The Labute approximate surface area is 179 Å². The third kappa shape index (κ3) is 3.94. The van der Waals surface area contributed by atoms with Crippen molar-refractivity contribution in [2.75, 3.05) is 36.8 Å². The third-order valence-corrected chi connectivity index (χ3v) is 5.54. The van der Waals surface area contributed by atoms with E-state index in [0.29, 0.717) is 35.0 Å². The molecule has 3 N–H and O–H groups in total. The molecule has 2 aromatic heterocycles. The lowest BCUT2D eigenvalue weighted by atomic mass is 10.1. The molecule has 31 heavy (non-hydrogen) atoms. The van der Waals surface area contributed by atoms with Gasteiger partial charge in [0, 0.05) is 25.2 Å². The standard InChI is InChI=1S/C23H24FN7/c24-18-9-7-17(8-10-18)20-19-21(25)31(15-16-5-2-1-3-6-16)29-22(19)28-23(27-20)30-13-4-11-26-12-14-30/h1-3,5-10,26H,4,11-15,25H2. The number of nitrogens with two attached hydrogens (primary N) is 1. The number of nitrogen functional groups attached to an aromatic ring is 1. The zero-order valence-corrected chi connectivity index (χ0v) is 17.1. The first kappa shape index (κ1) is 19.4. The van der Waals surface area contributed by atoms with Crippen LogP contribution in [-0.4, -0.2) is 45.9 Å². The number of hydrogen-bond donors (Lipinski definition) is 2. The van der Waals surface area contributed by atoms with Crippen molar-refractivity contribution in [1.82, 2.24) is 25.1 Å². The van der Waals surface area contributed by atoms with Gasteiger partial charge in [-0.1, -0.05) is 30.3 Å². The number of hydrogen-bond acceptors (Lipinski definition) is 6. The predicted molar refractivity (Wildman–Crippen MR) is 120 cm³/mol. The van der Waals surface area contributed by atoms with E-state index in [-0.39, 0.29) is 5.82 Å². The van der Waals surface area contributed by atoms with Crippen LogP contribution in [0.3, 0.4) is 0 Å². The number of nitrogens with zero attached hydrogens (tertiary/aromatic N) is 5. The Balaban J connectivity index is 1.65. The first-order valence-corrected chi connectivity index (χ1v) is 10.5. The fourth-order valence-electron chi connectivity index (χ4n) is 3.92. The van der Waals surface area contributed by atoms with Gasteiger partial charge >= 0.3 is 0 Å². The summed E-state index contributed by atoms with van der Waals surface area (Å²) in [6.45, 7) is 4.06. The van der Waals surface area contributed by atoms with Crippen molar-refractivity contribution in [2.45, 2.75) is 13.0 Å². The van der Waals surface area contributed by atoms with Gasteiger partial charge in [0.05, 0.1) is 17.6 Å². The Hall–Kier alpha value is -3.52. The molecule has 0 aliphatic carbocycles. The SMILES string of the molecule is Nc1c2c(-c3ccc(F)cc3)nc(N3CCCNCC3)nc2nn1Cc1ccccc1. The minimum absolute atomic E-state index is 0.291. The number of nitrogens with one attached hydrogen (secondary N) is 1. The third-order valence-electron chi connectivity index (χ3n) is 5.54. The molecule has 8 heteroatoms. The van der Waals surface area contributed by atoms with Crippen LogP contribution in [0, 0.1) is 5.82 Å². The Morgan fingerprint density at radius 1 is 0.968 bits per heavy atom. The lowest BCUT2D eigenvalue weighted by molar-refractivity contribution is 0.628. The summed E-state index contributed by atoms with van der Waals surface area (Å²) in [7, 11) is 0. The van der Waals surface area contributed by atoms with Crippen LogP contribution < -0.4 is 16.0 Å². The molecule has 7 nitrogen and oxygen atoms in total. The van der Waals surface area contributed by atoms with E-state index in [4.69, 9.17) is 20.8 Å². The van der Waals surface area contributed by atoms with Gasteiger partial charge in [-0.2, -0.15) is 4.98 Å². The molecule has 1 aliphatic heterocycles. The van der Waals surface area contributed by atoms with E-state index >= 15 is 0 Å². The monoisotopic (exact) mass is 417 g/mol. The van der Waals surface area contributed by atoms with Crippen molar-refractivity contribution in [3.05, 3.63) is 66.0 Å². The summed E-state index contributed by atoms with van der Waals surface area (Å²) in [5.41, 5.74) is 9.64. The molecule has 3 heterocycles. The predicted octanol–water partition coefficient (Wildman–Crippen LogP) is 3.06. The van der Waals surface area contributed by atoms with E-state index in [2.05, 4.69) is 10.2 Å². The van der Waals surface area contributed by atoms with Crippen LogP contribution in [0.15, 0.2) is 54.6 Å². The van der Waals surface area contributed by atoms with E-state index in [0.717, 1.165) is 43.7 Å². The molecule has 0 atom stereocenters. The van der Waals surface area contributed by atoms with Gasteiger partial charge in [-0.3, -0.25) is 0 Å². The van der Waals surface area contributed by atoms with Crippen molar-refractivity contribution in [1.29, 1.82) is 0 Å². The van der Waals surface area contributed by atoms with E-state index < -0.39 is 0 Å². The maximum Gasteiger partial charge on any atom is 0.228 e. The minimum atomic E-state index is -0.291. The van der Waals surface area contributed by atoms with Gasteiger partial charge in [0.2, 0.25) is 5.95 Å². The lowest BCUT2D eigenvalue weighted by Crippen LogP contribution is -2.29. The first-order chi connectivity index (χ1) is 15.2. The molecular weight excluding hydrogens is 393 g/mol. The molecule has 158 valence electrons. The summed E-state index contributed by atoms with van der Waals surface area (Å²) in [5, 5.41) is 8.81. The van der Waals surface area contributed by atoms with Gasteiger partial charge in [0.1, 0.15) is 11.6 Å². The quantitative estimate of drug-likeness (QED) is 0.531. The van der Waals surface area contributed by atoms with Crippen LogP contribution in [0.5, 0.6) is 0 Å². The highest BCUT2D eigenvalue weighted by atomic mass is 19.1. The molecule has 1 aliphatic rings. The van der Waals surface area contributed by atoms with Gasteiger partial charge in [-0.05, 0) is 42.8 Å². The Kier molecular flexibility index (Phi) is 5.21. The Morgan fingerprint density at radius 3 is 2.58 bits per heavy atom. The van der Waals surface area contributed by atoms with Crippen LogP contribution in [0.1, 0.15) is 12.0 Å². The van der Waals surface area contributed by atoms with Gasteiger partial charge < -0.3 is 16.0 Å². The molecule has 1 fully saturated rings. The van der Waals surface area contributed by atoms with E-state index in [1.807, 2.05) is 30.3 Å².